The first-order valence-electron chi connectivity index (χ1n) is 11.3. The molecule has 0 atom stereocenters. The quantitative estimate of drug-likeness (QED) is 0.329. The standard InChI is InChI=1S/C26H22FN7O.ClH/c1-16-12-18(2-5-23(16)35-19-8-11-34-24(13-19)30-15-31-34)32-25-20(27)14-29-22-4-3-21(33-26(22)25)17-6-9-28-10-7-17;/h2-6,8,11-15,28H,7,9-10H2,1H3,(H,29,32);1H. The van der Waals surface area contributed by atoms with Gasteiger partial charge < -0.3 is 15.4 Å². The zero-order valence-corrected chi connectivity index (χ0v) is 20.2. The van der Waals surface area contributed by atoms with Crippen molar-refractivity contribution >= 4 is 46.0 Å². The maximum atomic E-state index is 14.9. The fourth-order valence-electron chi connectivity index (χ4n) is 4.17. The molecule has 8 nitrogen and oxygen atoms in total. The fraction of sp³-hybridized carbons (Fsp3) is 0.154. The maximum absolute atomic E-state index is 14.9. The number of nitrogens with zero attached hydrogens (tertiary/aromatic N) is 5. The molecule has 182 valence electrons. The third-order valence-corrected chi connectivity index (χ3v) is 5.98. The first-order chi connectivity index (χ1) is 17.1. The predicted octanol–water partition coefficient (Wildman–Crippen LogP) is 5.45. The number of hydrogen-bond acceptors (Lipinski definition) is 7. The van der Waals surface area contributed by atoms with E-state index in [9.17, 15) is 4.39 Å². The van der Waals surface area contributed by atoms with E-state index in [1.807, 2.05) is 49.4 Å². The summed E-state index contributed by atoms with van der Waals surface area (Å²) in [5.41, 5.74) is 5.75. The number of pyridine rings is 3. The Hall–Kier alpha value is -4.08. The van der Waals surface area contributed by atoms with Crippen LogP contribution in [0.5, 0.6) is 11.5 Å². The number of nitrogens with one attached hydrogen (secondary N) is 2. The minimum absolute atomic E-state index is 0. The van der Waals surface area contributed by atoms with Gasteiger partial charge in [0.1, 0.15) is 29.0 Å². The van der Waals surface area contributed by atoms with Crippen molar-refractivity contribution in [3.63, 3.8) is 0 Å². The number of aromatic nitrogens is 5. The number of rotatable bonds is 5. The van der Waals surface area contributed by atoms with Gasteiger partial charge in [-0.15, -0.1) is 12.4 Å². The molecule has 36 heavy (non-hydrogen) atoms. The number of aryl methyl sites for hydroxylation is 1. The van der Waals surface area contributed by atoms with Crippen molar-refractivity contribution in [3.8, 4) is 11.5 Å². The van der Waals surface area contributed by atoms with E-state index in [4.69, 9.17) is 9.72 Å². The number of fused-ring (bicyclic) bond motifs is 2. The molecule has 0 saturated carbocycles. The summed E-state index contributed by atoms with van der Waals surface area (Å²) in [5, 5.41) is 10.6. The van der Waals surface area contributed by atoms with E-state index in [1.54, 1.807) is 10.7 Å². The Bertz CT molecular complexity index is 1600. The SMILES string of the molecule is Cc1cc(Nc2c(F)cnc3ccc(C4=CCNCC4)nc23)ccc1Oc1ccn2ncnc2c1.Cl. The van der Waals surface area contributed by atoms with Crippen molar-refractivity contribution in [2.45, 2.75) is 13.3 Å². The summed E-state index contributed by atoms with van der Waals surface area (Å²) in [5.74, 6) is 0.892. The Kier molecular flexibility index (Phi) is 6.49. The van der Waals surface area contributed by atoms with Crippen molar-refractivity contribution in [1.29, 1.82) is 0 Å². The average molecular weight is 504 g/mol. The normalized spacial score (nSPS) is 13.3. The van der Waals surface area contributed by atoms with Gasteiger partial charge in [0.15, 0.2) is 11.5 Å². The monoisotopic (exact) mass is 503 g/mol. The van der Waals surface area contributed by atoms with E-state index >= 15 is 0 Å². The van der Waals surface area contributed by atoms with Gasteiger partial charge in [-0.2, -0.15) is 5.10 Å². The summed E-state index contributed by atoms with van der Waals surface area (Å²) in [6.07, 6.45) is 7.52. The molecule has 5 heterocycles. The van der Waals surface area contributed by atoms with Gasteiger partial charge in [-0.1, -0.05) is 6.08 Å². The highest BCUT2D eigenvalue weighted by atomic mass is 35.5. The molecule has 0 amide bonds. The summed E-state index contributed by atoms with van der Waals surface area (Å²) in [7, 11) is 0. The van der Waals surface area contributed by atoms with E-state index in [2.05, 4.69) is 31.8 Å². The number of anilines is 2. The molecule has 2 N–H and O–H groups in total. The largest absolute Gasteiger partial charge is 0.457 e. The molecule has 0 saturated heterocycles. The van der Waals surface area contributed by atoms with Gasteiger partial charge in [0.25, 0.3) is 0 Å². The smallest absolute Gasteiger partial charge is 0.167 e. The van der Waals surface area contributed by atoms with Crippen molar-refractivity contribution < 1.29 is 9.13 Å². The van der Waals surface area contributed by atoms with Crippen LogP contribution >= 0.6 is 12.4 Å². The molecule has 4 aromatic heterocycles. The second kappa shape index (κ2) is 9.88. The molecule has 6 rings (SSSR count). The fourth-order valence-corrected chi connectivity index (χ4v) is 4.17. The maximum Gasteiger partial charge on any atom is 0.167 e. The minimum Gasteiger partial charge on any atom is -0.457 e. The molecule has 5 aromatic rings. The second-order valence-electron chi connectivity index (χ2n) is 8.36. The molecule has 0 radical (unpaired) electrons. The summed E-state index contributed by atoms with van der Waals surface area (Å²) in [4.78, 5) is 13.2. The summed E-state index contributed by atoms with van der Waals surface area (Å²) in [6.45, 7) is 3.65. The van der Waals surface area contributed by atoms with Crippen molar-refractivity contribution in [2.24, 2.45) is 0 Å². The second-order valence-corrected chi connectivity index (χ2v) is 8.36. The van der Waals surface area contributed by atoms with Gasteiger partial charge >= 0.3 is 0 Å². The van der Waals surface area contributed by atoms with Gasteiger partial charge in [-0.25, -0.2) is 18.9 Å². The molecule has 1 aliphatic heterocycles. The van der Waals surface area contributed by atoms with Gasteiger partial charge in [0.05, 0.1) is 17.4 Å². The lowest BCUT2D eigenvalue weighted by atomic mass is 10.0. The van der Waals surface area contributed by atoms with Crippen LogP contribution in [0, 0.1) is 12.7 Å². The van der Waals surface area contributed by atoms with Gasteiger partial charge in [-0.3, -0.25) is 4.98 Å². The lowest BCUT2D eigenvalue weighted by molar-refractivity contribution is 0.478. The molecule has 0 fully saturated rings. The average Bonchev–Trinajstić information content (AvgIpc) is 3.36. The Labute approximate surface area is 212 Å². The topological polar surface area (TPSA) is 89.3 Å². The van der Waals surface area contributed by atoms with Crippen LogP contribution in [-0.4, -0.2) is 37.7 Å². The Morgan fingerprint density at radius 2 is 2.03 bits per heavy atom. The van der Waals surface area contributed by atoms with Crippen LogP contribution in [0.2, 0.25) is 0 Å². The summed E-state index contributed by atoms with van der Waals surface area (Å²) in [6, 6.07) is 13.1. The van der Waals surface area contributed by atoms with Crippen LogP contribution in [0.25, 0.3) is 22.3 Å². The van der Waals surface area contributed by atoms with Crippen LogP contribution in [0.15, 0.2) is 67.3 Å². The minimum atomic E-state index is -0.457. The number of benzene rings is 1. The van der Waals surface area contributed by atoms with Crippen LogP contribution < -0.4 is 15.4 Å². The molecule has 10 heteroatoms. The van der Waals surface area contributed by atoms with Crippen molar-refractivity contribution in [1.82, 2.24) is 29.9 Å². The van der Waals surface area contributed by atoms with Gasteiger partial charge in [-0.05, 0) is 67.4 Å². The number of ether oxygens (including phenoxy) is 1. The zero-order valence-electron chi connectivity index (χ0n) is 19.4. The van der Waals surface area contributed by atoms with Crippen LogP contribution in [0.3, 0.4) is 0 Å². The Morgan fingerprint density at radius 3 is 2.86 bits per heavy atom. The molecule has 0 spiro atoms. The lowest BCUT2D eigenvalue weighted by Crippen LogP contribution is -2.20. The van der Waals surface area contributed by atoms with E-state index in [-0.39, 0.29) is 12.4 Å². The van der Waals surface area contributed by atoms with Gasteiger partial charge in [0, 0.05) is 24.5 Å². The van der Waals surface area contributed by atoms with Crippen molar-refractivity contribution in [2.75, 3.05) is 18.4 Å². The third kappa shape index (κ3) is 4.58. The van der Waals surface area contributed by atoms with E-state index in [0.717, 1.165) is 42.0 Å². The molecule has 0 aliphatic carbocycles. The number of hydrogen-bond donors (Lipinski definition) is 2. The highest BCUT2D eigenvalue weighted by molar-refractivity contribution is 5.91. The van der Waals surface area contributed by atoms with Crippen LogP contribution in [-0.2, 0) is 0 Å². The Balaban J connectivity index is 0.00000267. The summed E-state index contributed by atoms with van der Waals surface area (Å²) >= 11 is 0. The molecular formula is C26H23ClFN7O. The zero-order chi connectivity index (χ0) is 23.8. The van der Waals surface area contributed by atoms with E-state index in [1.165, 1.54) is 12.5 Å². The molecule has 1 aliphatic rings. The third-order valence-electron chi connectivity index (χ3n) is 5.98. The first-order valence-corrected chi connectivity index (χ1v) is 11.3. The van der Waals surface area contributed by atoms with Gasteiger partial charge in [0.2, 0.25) is 0 Å². The van der Waals surface area contributed by atoms with E-state index in [0.29, 0.717) is 33.9 Å². The number of halogens is 2. The summed E-state index contributed by atoms with van der Waals surface area (Å²) < 4.78 is 22.6. The predicted molar refractivity (Wildman–Crippen MR) is 140 cm³/mol. The molecule has 0 bridgehead atoms. The van der Waals surface area contributed by atoms with Crippen LogP contribution in [0.4, 0.5) is 15.8 Å². The van der Waals surface area contributed by atoms with E-state index < -0.39 is 5.82 Å². The van der Waals surface area contributed by atoms with Crippen molar-refractivity contribution in [3.05, 3.63) is 84.3 Å². The molecule has 0 unspecified atom stereocenters. The highest BCUT2D eigenvalue weighted by Crippen LogP contribution is 2.32. The molecular weight excluding hydrogens is 481 g/mol. The lowest BCUT2D eigenvalue weighted by Gasteiger charge is -2.16. The molecule has 1 aromatic carbocycles. The highest BCUT2D eigenvalue weighted by Gasteiger charge is 2.15. The first kappa shape index (κ1) is 23.7. The Morgan fingerprint density at radius 1 is 1.11 bits per heavy atom. The van der Waals surface area contributed by atoms with Crippen LogP contribution in [0.1, 0.15) is 17.7 Å².